The number of carboxylic acids is 1. The molecule has 1 unspecified atom stereocenters. The molecule has 0 bridgehead atoms. The van der Waals surface area contributed by atoms with Crippen molar-refractivity contribution in [2.45, 2.75) is 12.3 Å². The van der Waals surface area contributed by atoms with Gasteiger partial charge in [0.2, 0.25) is 0 Å². The molecule has 104 valence electrons. The van der Waals surface area contributed by atoms with Gasteiger partial charge in [-0.3, -0.25) is 4.79 Å². The van der Waals surface area contributed by atoms with Crippen LogP contribution < -0.4 is 0 Å². The van der Waals surface area contributed by atoms with Gasteiger partial charge < -0.3 is 5.11 Å². The second-order valence-corrected chi connectivity index (χ2v) is 5.36. The van der Waals surface area contributed by atoms with Crippen LogP contribution in [-0.2, 0) is 10.2 Å². The minimum Gasteiger partial charge on any atom is -0.480 e. The van der Waals surface area contributed by atoms with Crippen LogP contribution in [0.25, 0.3) is 10.8 Å². The van der Waals surface area contributed by atoms with E-state index in [2.05, 4.69) is 0 Å². The van der Waals surface area contributed by atoms with Crippen LogP contribution in [0.3, 0.4) is 0 Å². The van der Waals surface area contributed by atoms with Crippen LogP contribution in [-0.4, -0.2) is 11.1 Å². The zero-order chi connectivity index (χ0) is 14.9. The Morgan fingerprint density at radius 2 is 1.43 bits per heavy atom. The van der Waals surface area contributed by atoms with Gasteiger partial charge in [0, 0.05) is 0 Å². The van der Waals surface area contributed by atoms with E-state index >= 15 is 0 Å². The van der Waals surface area contributed by atoms with Gasteiger partial charge in [-0.1, -0.05) is 66.7 Å². The maximum atomic E-state index is 12.0. The molecule has 21 heavy (non-hydrogen) atoms. The highest BCUT2D eigenvalue weighted by atomic mass is 16.4. The van der Waals surface area contributed by atoms with Crippen molar-refractivity contribution in [1.82, 2.24) is 0 Å². The van der Waals surface area contributed by atoms with E-state index in [1.54, 1.807) is 6.92 Å². The summed E-state index contributed by atoms with van der Waals surface area (Å²) < 4.78 is 0. The summed E-state index contributed by atoms with van der Waals surface area (Å²) in [6.07, 6.45) is 0. The third kappa shape index (κ3) is 2.19. The number of benzene rings is 3. The molecule has 0 fully saturated rings. The second-order valence-electron chi connectivity index (χ2n) is 5.36. The van der Waals surface area contributed by atoms with Crippen molar-refractivity contribution < 1.29 is 9.90 Å². The topological polar surface area (TPSA) is 37.3 Å². The molecule has 0 radical (unpaired) electrons. The Morgan fingerprint density at radius 1 is 0.810 bits per heavy atom. The lowest BCUT2D eigenvalue weighted by Crippen LogP contribution is -2.33. The predicted molar refractivity (Wildman–Crippen MR) is 84.5 cm³/mol. The molecule has 3 aromatic carbocycles. The molecule has 0 saturated heterocycles. The summed E-state index contributed by atoms with van der Waals surface area (Å²) in [5, 5.41) is 12.0. The van der Waals surface area contributed by atoms with Crippen molar-refractivity contribution in [3.8, 4) is 0 Å². The maximum Gasteiger partial charge on any atom is 0.318 e. The van der Waals surface area contributed by atoms with E-state index in [1.807, 2.05) is 72.8 Å². The van der Waals surface area contributed by atoms with E-state index in [0.717, 1.165) is 21.9 Å². The van der Waals surface area contributed by atoms with Gasteiger partial charge in [-0.05, 0) is 34.9 Å². The lowest BCUT2D eigenvalue weighted by molar-refractivity contribution is -0.141. The first-order chi connectivity index (χ1) is 10.1. The van der Waals surface area contributed by atoms with Crippen molar-refractivity contribution in [3.05, 3.63) is 83.9 Å². The molecule has 3 aromatic rings. The Kier molecular flexibility index (Phi) is 3.22. The number of fused-ring (bicyclic) bond motifs is 1. The van der Waals surface area contributed by atoms with Crippen molar-refractivity contribution in [3.63, 3.8) is 0 Å². The summed E-state index contributed by atoms with van der Waals surface area (Å²) in [7, 11) is 0. The zero-order valence-corrected chi connectivity index (χ0v) is 11.8. The predicted octanol–water partition coefficient (Wildman–Crippen LogP) is 4.23. The van der Waals surface area contributed by atoms with Crippen LogP contribution in [0.15, 0.2) is 72.8 Å². The van der Waals surface area contributed by atoms with Crippen LogP contribution in [0.2, 0.25) is 0 Å². The Balaban J connectivity index is 2.22. The first-order valence-corrected chi connectivity index (χ1v) is 6.90. The van der Waals surface area contributed by atoms with Crippen LogP contribution in [0, 0.1) is 0 Å². The fourth-order valence-corrected chi connectivity index (χ4v) is 2.69. The van der Waals surface area contributed by atoms with E-state index in [0.29, 0.717) is 0 Å². The SMILES string of the molecule is CC(C(=O)O)(c1ccccc1)c1ccc2ccccc2c1. The third-order valence-corrected chi connectivity index (χ3v) is 4.11. The standard InChI is InChI=1S/C19H16O2/c1-19(18(20)21,16-9-3-2-4-10-16)17-12-11-14-7-5-6-8-15(14)13-17/h2-13H,1H3,(H,20,21). The van der Waals surface area contributed by atoms with E-state index in [-0.39, 0.29) is 0 Å². The van der Waals surface area contributed by atoms with Crippen LogP contribution >= 0.6 is 0 Å². The largest absolute Gasteiger partial charge is 0.480 e. The summed E-state index contributed by atoms with van der Waals surface area (Å²) in [6.45, 7) is 1.76. The molecule has 2 heteroatoms. The van der Waals surface area contributed by atoms with Crippen molar-refractivity contribution >= 4 is 16.7 Å². The van der Waals surface area contributed by atoms with Crippen molar-refractivity contribution in [2.24, 2.45) is 0 Å². The monoisotopic (exact) mass is 276 g/mol. The van der Waals surface area contributed by atoms with Gasteiger partial charge in [-0.25, -0.2) is 0 Å². The number of hydrogen-bond donors (Lipinski definition) is 1. The molecule has 3 rings (SSSR count). The first kappa shape index (κ1) is 13.4. The highest BCUT2D eigenvalue weighted by Gasteiger charge is 2.37. The fourth-order valence-electron chi connectivity index (χ4n) is 2.69. The number of hydrogen-bond acceptors (Lipinski definition) is 1. The van der Waals surface area contributed by atoms with Gasteiger partial charge in [0.25, 0.3) is 0 Å². The van der Waals surface area contributed by atoms with Gasteiger partial charge in [0.1, 0.15) is 5.41 Å². The van der Waals surface area contributed by atoms with Crippen molar-refractivity contribution in [1.29, 1.82) is 0 Å². The quantitative estimate of drug-likeness (QED) is 0.777. The highest BCUT2D eigenvalue weighted by molar-refractivity contribution is 5.89. The van der Waals surface area contributed by atoms with Crippen molar-refractivity contribution in [2.75, 3.05) is 0 Å². The molecule has 0 saturated carbocycles. The molecule has 0 aliphatic rings. The molecule has 0 amide bonds. The Hall–Kier alpha value is -2.61. The molecule has 0 heterocycles. The number of carbonyl (C=O) groups is 1. The summed E-state index contributed by atoms with van der Waals surface area (Å²) in [5.74, 6) is -0.844. The molecule has 0 aliphatic heterocycles. The average molecular weight is 276 g/mol. The molecule has 1 atom stereocenters. The molecule has 0 aromatic heterocycles. The molecule has 2 nitrogen and oxygen atoms in total. The Labute approximate surface area is 123 Å². The van der Waals surface area contributed by atoms with Gasteiger partial charge >= 0.3 is 5.97 Å². The van der Waals surface area contributed by atoms with Gasteiger partial charge in [-0.15, -0.1) is 0 Å². The zero-order valence-electron chi connectivity index (χ0n) is 11.8. The summed E-state index contributed by atoms with van der Waals surface area (Å²) in [5.41, 5.74) is 0.526. The lowest BCUT2D eigenvalue weighted by Gasteiger charge is -2.26. The van der Waals surface area contributed by atoms with Gasteiger partial charge in [-0.2, -0.15) is 0 Å². The van der Waals surface area contributed by atoms with Gasteiger partial charge in [0.15, 0.2) is 0 Å². The number of carboxylic acid groups (broad SMARTS) is 1. The number of aliphatic carboxylic acids is 1. The Morgan fingerprint density at radius 3 is 2.10 bits per heavy atom. The molecule has 0 spiro atoms. The summed E-state index contributed by atoms with van der Waals surface area (Å²) >= 11 is 0. The lowest BCUT2D eigenvalue weighted by atomic mass is 9.76. The van der Waals surface area contributed by atoms with Crippen LogP contribution in [0.1, 0.15) is 18.1 Å². The molecule has 1 N–H and O–H groups in total. The average Bonchev–Trinajstić information content (AvgIpc) is 2.54. The second kappa shape index (κ2) is 5.06. The maximum absolute atomic E-state index is 12.0. The smallest absolute Gasteiger partial charge is 0.318 e. The van der Waals surface area contributed by atoms with Gasteiger partial charge in [0.05, 0.1) is 0 Å². The highest BCUT2D eigenvalue weighted by Crippen LogP contribution is 2.34. The van der Waals surface area contributed by atoms with E-state index in [1.165, 1.54) is 0 Å². The molecular formula is C19H16O2. The minimum absolute atomic E-state index is 0.785. The molecular weight excluding hydrogens is 260 g/mol. The minimum atomic E-state index is -1.05. The normalized spacial score (nSPS) is 13.8. The fraction of sp³-hybridized carbons (Fsp3) is 0.105. The Bertz CT molecular complexity index is 793. The first-order valence-electron chi connectivity index (χ1n) is 6.90. The molecule has 0 aliphatic carbocycles. The summed E-state index contributed by atoms with van der Waals surface area (Å²) in [6, 6.07) is 23.2. The third-order valence-electron chi connectivity index (χ3n) is 4.11. The van der Waals surface area contributed by atoms with Crippen LogP contribution in [0.5, 0.6) is 0 Å². The van der Waals surface area contributed by atoms with E-state index < -0.39 is 11.4 Å². The van der Waals surface area contributed by atoms with E-state index in [4.69, 9.17) is 0 Å². The number of rotatable bonds is 3. The van der Waals surface area contributed by atoms with E-state index in [9.17, 15) is 9.90 Å². The van der Waals surface area contributed by atoms with Crippen LogP contribution in [0.4, 0.5) is 0 Å². The summed E-state index contributed by atoms with van der Waals surface area (Å²) in [4.78, 5) is 12.0.